The zero-order chi connectivity index (χ0) is 21.0. The molecule has 1 saturated heterocycles. The first-order chi connectivity index (χ1) is 15.3. The van der Waals surface area contributed by atoms with Crippen molar-refractivity contribution < 1.29 is 9.21 Å². The number of piperidine rings is 1. The predicted octanol–water partition coefficient (Wildman–Crippen LogP) is 5.41. The number of benzene rings is 2. The van der Waals surface area contributed by atoms with Gasteiger partial charge in [0.05, 0.1) is 17.2 Å². The molecule has 1 amide bonds. The van der Waals surface area contributed by atoms with Crippen LogP contribution in [-0.4, -0.2) is 34.1 Å². The number of thiophene rings is 1. The standard InChI is InChI=1S/C25H23N3O2S/c29-23(16-18-10-12-20(13-11-18)19-6-2-1-3-7-19)28-14-4-8-21(17-28)24-26-27-25(30-24)22-9-5-15-31-22/h1-3,5-7,9-13,15,21H,4,8,14,16-17H2. The van der Waals surface area contributed by atoms with Gasteiger partial charge < -0.3 is 9.32 Å². The number of rotatable bonds is 5. The van der Waals surface area contributed by atoms with Gasteiger partial charge in [-0.05, 0) is 41.0 Å². The van der Waals surface area contributed by atoms with Gasteiger partial charge >= 0.3 is 0 Å². The van der Waals surface area contributed by atoms with Gasteiger partial charge in [0, 0.05) is 13.1 Å². The van der Waals surface area contributed by atoms with Crippen molar-refractivity contribution in [2.45, 2.75) is 25.2 Å². The molecule has 31 heavy (non-hydrogen) atoms. The highest BCUT2D eigenvalue weighted by molar-refractivity contribution is 7.13. The van der Waals surface area contributed by atoms with Crippen LogP contribution in [0.1, 0.15) is 30.2 Å². The third kappa shape index (κ3) is 4.44. The number of hydrogen-bond acceptors (Lipinski definition) is 5. The molecule has 1 fully saturated rings. The highest BCUT2D eigenvalue weighted by atomic mass is 32.1. The summed E-state index contributed by atoms with van der Waals surface area (Å²) < 4.78 is 5.92. The fraction of sp³-hybridized carbons (Fsp3) is 0.240. The second kappa shape index (κ2) is 8.86. The molecule has 1 unspecified atom stereocenters. The second-order valence-electron chi connectivity index (χ2n) is 7.84. The number of likely N-dealkylation sites (tertiary alicyclic amines) is 1. The van der Waals surface area contributed by atoms with Crippen molar-refractivity contribution in [1.82, 2.24) is 15.1 Å². The number of aromatic nitrogens is 2. The Labute approximate surface area is 185 Å². The van der Waals surface area contributed by atoms with E-state index in [0.29, 0.717) is 24.7 Å². The highest BCUT2D eigenvalue weighted by Crippen LogP contribution is 2.30. The summed E-state index contributed by atoms with van der Waals surface area (Å²) in [4.78, 5) is 15.9. The van der Waals surface area contributed by atoms with Crippen LogP contribution in [0.4, 0.5) is 0 Å². The molecular weight excluding hydrogens is 406 g/mol. The number of carbonyl (C=O) groups is 1. The third-order valence-corrected chi connectivity index (χ3v) is 6.57. The van der Waals surface area contributed by atoms with Gasteiger partial charge in [0.2, 0.25) is 11.8 Å². The molecule has 1 atom stereocenters. The van der Waals surface area contributed by atoms with E-state index in [9.17, 15) is 4.79 Å². The molecular formula is C25H23N3O2S. The van der Waals surface area contributed by atoms with E-state index in [2.05, 4.69) is 34.5 Å². The Kier molecular flexibility index (Phi) is 5.63. The minimum atomic E-state index is 0.0966. The molecule has 3 heterocycles. The molecule has 0 radical (unpaired) electrons. The maximum absolute atomic E-state index is 13.0. The van der Waals surface area contributed by atoms with Gasteiger partial charge in [-0.1, -0.05) is 60.7 Å². The van der Waals surface area contributed by atoms with Gasteiger partial charge in [-0.3, -0.25) is 4.79 Å². The lowest BCUT2D eigenvalue weighted by molar-refractivity contribution is -0.131. The fourth-order valence-corrected chi connectivity index (χ4v) is 4.68. The molecule has 6 heteroatoms. The van der Waals surface area contributed by atoms with E-state index >= 15 is 0 Å². The summed E-state index contributed by atoms with van der Waals surface area (Å²) >= 11 is 1.58. The lowest BCUT2D eigenvalue weighted by Crippen LogP contribution is -2.40. The summed E-state index contributed by atoms with van der Waals surface area (Å²) in [7, 11) is 0. The Morgan fingerprint density at radius 3 is 2.58 bits per heavy atom. The van der Waals surface area contributed by atoms with Gasteiger partial charge in [-0.2, -0.15) is 0 Å². The summed E-state index contributed by atoms with van der Waals surface area (Å²) in [6.07, 6.45) is 2.31. The first-order valence-electron chi connectivity index (χ1n) is 10.6. The predicted molar refractivity (Wildman–Crippen MR) is 122 cm³/mol. The van der Waals surface area contributed by atoms with Gasteiger partial charge in [0.1, 0.15) is 0 Å². The summed E-state index contributed by atoms with van der Waals surface area (Å²) in [5.41, 5.74) is 3.37. The van der Waals surface area contributed by atoms with Crippen LogP contribution in [0, 0.1) is 0 Å². The molecule has 0 saturated carbocycles. The van der Waals surface area contributed by atoms with Crippen LogP contribution in [-0.2, 0) is 11.2 Å². The molecule has 1 aliphatic rings. The number of carbonyl (C=O) groups excluding carboxylic acids is 1. The van der Waals surface area contributed by atoms with Gasteiger partial charge in [0.25, 0.3) is 5.89 Å². The van der Waals surface area contributed by atoms with Gasteiger partial charge in [-0.15, -0.1) is 21.5 Å². The minimum Gasteiger partial charge on any atom is -0.420 e. The van der Waals surface area contributed by atoms with Crippen LogP contribution in [0.2, 0.25) is 0 Å². The molecule has 5 rings (SSSR count). The Morgan fingerprint density at radius 2 is 1.81 bits per heavy atom. The van der Waals surface area contributed by atoms with E-state index in [1.54, 1.807) is 11.3 Å². The molecule has 2 aromatic heterocycles. The van der Waals surface area contributed by atoms with Crippen molar-refractivity contribution in [3.05, 3.63) is 83.6 Å². The summed E-state index contributed by atoms with van der Waals surface area (Å²) in [5.74, 6) is 1.44. The fourth-order valence-electron chi connectivity index (χ4n) is 4.04. The van der Waals surface area contributed by atoms with Crippen LogP contribution in [0.15, 0.2) is 76.5 Å². The zero-order valence-electron chi connectivity index (χ0n) is 17.1. The average molecular weight is 430 g/mol. The van der Waals surface area contributed by atoms with Crippen LogP contribution >= 0.6 is 11.3 Å². The highest BCUT2D eigenvalue weighted by Gasteiger charge is 2.28. The number of amides is 1. The van der Waals surface area contributed by atoms with E-state index in [0.717, 1.165) is 35.4 Å². The Hall–Kier alpha value is -3.25. The molecule has 0 spiro atoms. The molecule has 0 aliphatic carbocycles. The monoisotopic (exact) mass is 429 g/mol. The summed E-state index contributed by atoms with van der Waals surface area (Å²) in [6, 6.07) is 22.5. The smallest absolute Gasteiger partial charge is 0.257 e. The maximum Gasteiger partial charge on any atom is 0.257 e. The first kappa shape index (κ1) is 19.7. The average Bonchev–Trinajstić information content (AvgIpc) is 3.52. The Bertz CT molecular complexity index is 1140. The Balaban J connectivity index is 1.23. The van der Waals surface area contributed by atoms with Crippen LogP contribution in [0.3, 0.4) is 0 Å². The zero-order valence-corrected chi connectivity index (χ0v) is 17.9. The lowest BCUT2D eigenvalue weighted by Gasteiger charge is -2.31. The molecule has 1 aliphatic heterocycles. The van der Waals surface area contributed by atoms with E-state index in [-0.39, 0.29) is 11.8 Å². The van der Waals surface area contributed by atoms with Crippen molar-refractivity contribution in [1.29, 1.82) is 0 Å². The molecule has 156 valence electrons. The van der Waals surface area contributed by atoms with E-state index in [4.69, 9.17) is 4.42 Å². The quantitative estimate of drug-likeness (QED) is 0.425. The maximum atomic E-state index is 13.0. The normalized spacial score (nSPS) is 16.4. The summed E-state index contributed by atoms with van der Waals surface area (Å²) in [5, 5.41) is 10.5. The minimum absolute atomic E-state index is 0.0966. The van der Waals surface area contributed by atoms with Crippen LogP contribution < -0.4 is 0 Å². The van der Waals surface area contributed by atoms with Crippen molar-refractivity contribution in [2.24, 2.45) is 0 Å². The second-order valence-corrected chi connectivity index (χ2v) is 8.79. The molecule has 0 N–H and O–H groups in total. The van der Waals surface area contributed by atoms with Gasteiger partial charge in [0.15, 0.2) is 0 Å². The Morgan fingerprint density at radius 1 is 1.00 bits per heavy atom. The van der Waals surface area contributed by atoms with Crippen molar-refractivity contribution >= 4 is 17.2 Å². The lowest BCUT2D eigenvalue weighted by atomic mass is 9.97. The SMILES string of the molecule is O=C(Cc1ccc(-c2ccccc2)cc1)N1CCCC(c2nnc(-c3cccs3)o2)C1. The largest absolute Gasteiger partial charge is 0.420 e. The number of nitrogens with zero attached hydrogens (tertiary/aromatic N) is 3. The van der Waals surface area contributed by atoms with Crippen molar-refractivity contribution in [2.75, 3.05) is 13.1 Å². The van der Waals surface area contributed by atoms with Gasteiger partial charge in [-0.25, -0.2) is 0 Å². The van der Waals surface area contributed by atoms with Crippen molar-refractivity contribution in [3.63, 3.8) is 0 Å². The first-order valence-corrected chi connectivity index (χ1v) is 11.4. The molecule has 2 aromatic carbocycles. The number of hydrogen-bond donors (Lipinski definition) is 0. The summed E-state index contributed by atoms with van der Waals surface area (Å²) in [6.45, 7) is 1.41. The molecule has 4 aromatic rings. The van der Waals surface area contributed by atoms with Crippen LogP contribution in [0.25, 0.3) is 21.9 Å². The third-order valence-electron chi connectivity index (χ3n) is 5.71. The van der Waals surface area contributed by atoms with Crippen molar-refractivity contribution in [3.8, 4) is 21.9 Å². The van der Waals surface area contributed by atoms with E-state index < -0.39 is 0 Å². The topological polar surface area (TPSA) is 59.2 Å². The molecule has 0 bridgehead atoms. The van der Waals surface area contributed by atoms with E-state index in [1.165, 1.54) is 5.56 Å². The molecule has 5 nitrogen and oxygen atoms in total. The van der Waals surface area contributed by atoms with Crippen LogP contribution in [0.5, 0.6) is 0 Å². The van der Waals surface area contributed by atoms with E-state index in [1.807, 2.05) is 52.7 Å².